The lowest BCUT2D eigenvalue weighted by atomic mass is 9.99. The van der Waals surface area contributed by atoms with Crippen molar-refractivity contribution in [1.82, 2.24) is 4.90 Å². The number of hydrogen-bond donors (Lipinski definition) is 0. The van der Waals surface area contributed by atoms with Gasteiger partial charge in [0.1, 0.15) is 6.10 Å². The summed E-state index contributed by atoms with van der Waals surface area (Å²) < 4.78 is 45.5. The van der Waals surface area contributed by atoms with Gasteiger partial charge in [-0.15, -0.1) is 0 Å². The number of alkyl halides is 3. The second-order valence-electron chi connectivity index (χ2n) is 7.02. The zero-order valence-electron chi connectivity index (χ0n) is 14.5. The Kier molecular flexibility index (Phi) is 4.45. The Morgan fingerprint density at radius 1 is 1.15 bits per heavy atom. The van der Waals surface area contributed by atoms with Gasteiger partial charge in [0.15, 0.2) is 0 Å². The smallest absolute Gasteiger partial charge is 0.416 e. The number of nitrogens with zero attached hydrogens (tertiary/aromatic N) is 1. The van der Waals surface area contributed by atoms with Crippen molar-refractivity contribution in [3.8, 4) is 0 Å². The van der Waals surface area contributed by atoms with Crippen LogP contribution in [0.5, 0.6) is 0 Å². The summed E-state index contributed by atoms with van der Waals surface area (Å²) >= 11 is 3.55. The quantitative estimate of drug-likeness (QED) is 0.559. The van der Waals surface area contributed by atoms with Gasteiger partial charge in [-0.05, 0) is 49.1 Å². The van der Waals surface area contributed by atoms with Crippen molar-refractivity contribution in [2.75, 3.05) is 0 Å². The number of fused-ring (bicyclic) bond motifs is 1. The highest BCUT2D eigenvalue weighted by atomic mass is 79.9. The van der Waals surface area contributed by atoms with Gasteiger partial charge in [-0.2, -0.15) is 13.2 Å². The summed E-state index contributed by atoms with van der Waals surface area (Å²) in [6.07, 6.45) is -4.16. The average molecular weight is 440 g/mol. The highest BCUT2D eigenvalue weighted by molar-refractivity contribution is 9.10. The van der Waals surface area contributed by atoms with Gasteiger partial charge in [-0.3, -0.25) is 4.90 Å². The largest absolute Gasteiger partial charge is 0.439 e. The maximum absolute atomic E-state index is 13.0. The number of benzene rings is 2. The van der Waals surface area contributed by atoms with E-state index in [9.17, 15) is 18.0 Å². The molecule has 2 aromatic rings. The van der Waals surface area contributed by atoms with Crippen molar-refractivity contribution >= 4 is 22.0 Å². The van der Waals surface area contributed by atoms with Gasteiger partial charge in [0.2, 0.25) is 0 Å². The molecule has 1 amide bonds. The molecule has 2 aromatic carbocycles. The van der Waals surface area contributed by atoms with Crippen LogP contribution < -0.4 is 0 Å². The molecular weight excluding hydrogens is 423 g/mol. The van der Waals surface area contributed by atoms with Gasteiger partial charge in [-0.25, -0.2) is 4.79 Å². The summed E-state index contributed by atoms with van der Waals surface area (Å²) in [5.74, 6) is 0. The van der Waals surface area contributed by atoms with E-state index in [1.165, 1.54) is 6.07 Å². The van der Waals surface area contributed by atoms with Crippen LogP contribution >= 0.6 is 15.9 Å². The molecule has 27 heavy (non-hydrogen) atoms. The van der Waals surface area contributed by atoms with Gasteiger partial charge >= 0.3 is 12.3 Å². The topological polar surface area (TPSA) is 29.5 Å². The summed E-state index contributed by atoms with van der Waals surface area (Å²) in [6, 6.07) is 10.6. The van der Waals surface area contributed by atoms with Crippen LogP contribution in [0, 0.1) is 6.92 Å². The molecule has 0 radical (unpaired) electrons. The number of cyclic esters (lactones) is 1. The summed E-state index contributed by atoms with van der Waals surface area (Å²) in [6.45, 7) is 1.98. The molecule has 142 valence electrons. The van der Waals surface area contributed by atoms with Crippen molar-refractivity contribution in [2.45, 2.75) is 44.1 Å². The molecule has 2 fully saturated rings. The molecular formula is C20H17BrF3NO2. The minimum atomic E-state index is -4.43. The molecule has 2 saturated heterocycles. The van der Waals surface area contributed by atoms with Gasteiger partial charge in [0, 0.05) is 4.47 Å². The summed E-state index contributed by atoms with van der Waals surface area (Å²) in [5.41, 5.74) is 1.73. The molecule has 0 N–H and O–H groups in total. The Bertz CT molecular complexity index is 899. The number of aryl methyl sites for hydroxylation is 1. The van der Waals surface area contributed by atoms with E-state index in [4.69, 9.17) is 4.74 Å². The standard InChI is InChI=1S/C20H17BrF3NO2/c1-11-5-6-15(21)14(9-11)16-7-8-17-18(27-19(26)25(16)17)12-3-2-4-13(10-12)20(22,23)24/h2-6,9-10,16-18H,7-8H2,1H3/t16-,17-,18+/m0/s1. The van der Waals surface area contributed by atoms with Gasteiger partial charge in [0.05, 0.1) is 17.6 Å². The lowest BCUT2D eigenvalue weighted by Gasteiger charge is -2.24. The maximum atomic E-state index is 13.0. The summed E-state index contributed by atoms with van der Waals surface area (Å²) in [4.78, 5) is 14.3. The van der Waals surface area contributed by atoms with Gasteiger partial charge in [0.25, 0.3) is 0 Å². The molecule has 0 aromatic heterocycles. The monoisotopic (exact) mass is 439 g/mol. The third kappa shape index (κ3) is 3.22. The Morgan fingerprint density at radius 2 is 1.93 bits per heavy atom. The first-order valence-electron chi connectivity index (χ1n) is 8.68. The first-order chi connectivity index (χ1) is 12.8. The molecule has 2 heterocycles. The minimum absolute atomic E-state index is 0.146. The molecule has 0 spiro atoms. The normalized spacial score (nSPS) is 24.9. The highest BCUT2D eigenvalue weighted by Crippen LogP contribution is 2.49. The van der Waals surface area contributed by atoms with Crippen LogP contribution in [0.25, 0.3) is 0 Å². The molecule has 2 aliphatic rings. The van der Waals surface area contributed by atoms with Crippen molar-refractivity contribution in [3.05, 3.63) is 69.2 Å². The number of hydrogen-bond acceptors (Lipinski definition) is 2. The van der Waals surface area contributed by atoms with E-state index in [-0.39, 0.29) is 12.1 Å². The zero-order chi connectivity index (χ0) is 19.3. The van der Waals surface area contributed by atoms with Crippen LogP contribution in [-0.4, -0.2) is 17.0 Å². The number of carbonyl (C=O) groups is 1. The van der Waals surface area contributed by atoms with E-state index in [1.807, 2.05) is 25.1 Å². The third-order valence-corrected chi connectivity index (χ3v) is 5.99. The molecule has 3 atom stereocenters. The molecule has 0 saturated carbocycles. The molecule has 0 unspecified atom stereocenters. The fraction of sp³-hybridized carbons (Fsp3) is 0.350. The predicted molar refractivity (Wildman–Crippen MR) is 97.1 cm³/mol. The van der Waals surface area contributed by atoms with E-state index in [1.54, 1.807) is 11.0 Å². The number of carbonyl (C=O) groups excluding carboxylic acids is 1. The number of rotatable bonds is 2. The van der Waals surface area contributed by atoms with Crippen LogP contribution in [0.15, 0.2) is 46.9 Å². The lowest BCUT2D eigenvalue weighted by Crippen LogP contribution is -2.30. The highest BCUT2D eigenvalue weighted by Gasteiger charge is 2.50. The predicted octanol–water partition coefficient (Wildman–Crippen LogP) is 6.17. The number of halogens is 4. The second kappa shape index (κ2) is 6.55. The summed E-state index contributed by atoms with van der Waals surface area (Å²) in [7, 11) is 0. The fourth-order valence-corrected chi connectivity index (χ4v) is 4.56. The lowest BCUT2D eigenvalue weighted by molar-refractivity contribution is -0.137. The van der Waals surface area contributed by atoms with Crippen LogP contribution in [0.1, 0.15) is 47.2 Å². The minimum Gasteiger partial charge on any atom is -0.439 e. The van der Waals surface area contributed by atoms with Crippen molar-refractivity contribution in [2.24, 2.45) is 0 Å². The van der Waals surface area contributed by atoms with E-state index in [0.29, 0.717) is 12.0 Å². The fourth-order valence-electron chi connectivity index (χ4n) is 4.05. The van der Waals surface area contributed by atoms with Gasteiger partial charge in [-0.1, -0.05) is 45.8 Å². The SMILES string of the molecule is Cc1ccc(Br)c([C@@H]2CC[C@H]3[C@@H](c4cccc(C(F)(F)F)c4)OC(=O)N23)c1. The van der Waals surface area contributed by atoms with E-state index < -0.39 is 23.9 Å². The van der Waals surface area contributed by atoms with Crippen molar-refractivity contribution in [3.63, 3.8) is 0 Å². The first-order valence-corrected chi connectivity index (χ1v) is 9.47. The summed E-state index contributed by atoms with van der Waals surface area (Å²) in [5, 5.41) is 0. The first kappa shape index (κ1) is 18.3. The van der Waals surface area contributed by atoms with Gasteiger partial charge < -0.3 is 4.74 Å². The molecule has 0 bridgehead atoms. The van der Waals surface area contributed by atoms with Crippen molar-refractivity contribution in [1.29, 1.82) is 0 Å². The molecule has 3 nitrogen and oxygen atoms in total. The van der Waals surface area contributed by atoms with E-state index in [0.717, 1.165) is 34.2 Å². The van der Waals surface area contributed by atoms with Crippen LogP contribution in [0.2, 0.25) is 0 Å². The second-order valence-corrected chi connectivity index (χ2v) is 7.87. The number of amides is 1. The average Bonchev–Trinajstić information content (AvgIpc) is 3.18. The molecule has 2 aliphatic heterocycles. The Balaban J connectivity index is 1.66. The molecule has 4 rings (SSSR count). The maximum Gasteiger partial charge on any atom is 0.416 e. The third-order valence-electron chi connectivity index (χ3n) is 5.27. The van der Waals surface area contributed by atoms with E-state index >= 15 is 0 Å². The van der Waals surface area contributed by atoms with Crippen LogP contribution in [0.3, 0.4) is 0 Å². The van der Waals surface area contributed by atoms with Crippen molar-refractivity contribution < 1.29 is 22.7 Å². The Morgan fingerprint density at radius 3 is 2.67 bits per heavy atom. The number of ether oxygens (including phenoxy) is 1. The Hall–Kier alpha value is -2.02. The molecule has 7 heteroatoms. The zero-order valence-corrected chi connectivity index (χ0v) is 16.0. The van der Waals surface area contributed by atoms with E-state index in [2.05, 4.69) is 15.9 Å². The van der Waals surface area contributed by atoms with Crippen LogP contribution in [-0.2, 0) is 10.9 Å². The van der Waals surface area contributed by atoms with Crippen LogP contribution in [0.4, 0.5) is 18.0 Å². The Labute approximate surface area is 163 Å². The molecule has 0 aliphatic carbocycles.